The zero-order valence-electron chi connectivity index (χ0n) is 30.3. The summed E-state index contributed by atoms with van der Waals surface area (Å²) in [4.78, 5) is 39.0. The average Bonchev–Trinajstić information content (AvgIpc) is 3.12. The molecular formula is C40H48Cl2N2O7Si. The second-order valence-corrected chi connectivity index (χ2v) is 19.4. The predicted octanol–water partition coefficient (Wildman–Crippen LogP) is 8.03. The molecule has 4 aromatic carbocycles. The first-order valence-electron chi connectivity index (χ1n) is 16.9. The van der Waals surface area contributed by atoms with Crippen LogP contribution in [0, 0.1) is 0 Å². The van der Waals surface area contributed by atoms with Crippen LogP contribution < -0.4 is 15.4 Å². The van der Waals surface area contributed by atoms with Crippen LogP contribution in [0.3, 0.4) is 0 Å². The molecule has 0 unspecified atom stereocenters. The Labute approximate surface area is 318 Å². The first kappa shape index (κ1) is 42.1. The van der Waals surface area contributed by atoms with Crippen LogP contribution in [0.4, 0.5) is 4.79 Å². The maximum atomic E-state index is 13.6. The summed E-state index contributed by atoms with van der Waals surface area (Å²) in [6, 6.07) is 29.6. The second kappa shape index (κ2) is 20.6. The molecule has 2 atom stereocenters. The molecule has 1 amide bonds. The Bertz CT molecular complexity index is 1750. The van der Waals surface area contributed by atoms with Gasteiger partial charge in [0.2, 0.25) is 0 Å². The van der Waals surface area contributed by atoms with E-state index >= 15 is 0 Å². The highest BCUT2D eigenvalue weighted by Crippen LogP contribution is 2.31. The number of amides is 1. The maximum absolute atomic E-state index is 13.6. The van der Waals surface area contributed by atoms with Crippen molar-refractivity contribution in [3.63, 3.8) is 0 Å². The molecule has 2 N–H and O–H groups in total. The van der Waals surface area contributed by atoms with E-state index in [4.69, 9.17) is 30.5 Å². The zero-order valence-corrected chi connectivity index (χ0v) is 32.9. The molecule has 0 saturated heterocycles. The molecule has 0 saturated carbocycles. The molecule has 12 heteroatoms. The molecule has 4 aromatic rings. The van der Waals surface area contributed by atoms with Crippen LogP contribution in [0.1, 0.15) is 22.3 Å². The van der Waals surface area contributed by atoms with Crippen LogP contribution in [0.15, 0.2) is 97.1 Å². The number of alkyl carbamates (subject to hydrolysis) is 1. The average molecular weight is 768 g/mol. The van der Waals surface area contributed by atoms with Gasteiger partial charge in [-0.1, -0.05) is 104 Å². The molecule has 0 aliphatic heterocycles. The topological polar surface area (TPSA) is 112 Å². The quantitative estimate of drug-likeness (QED) is 0.0632. The number of rotatable bonds is 17. The highest BCUT2D eigenvalue weighted by molar-refractivity contribution is 6.76. The third-order valence-electron chi connectivity index (χ3n) is 8.24. The van der Waals surface area contributed by atoms with Gasteiger partial charge in [-0.2, -0.15) is 0 Å². The molecule has 0 fully saturated rings. The summed E-state index contributed by atoms with van der Waals surface area (Å²) >= 11 is 6.57. The molecule has 0 bridgehead atoms. The van der Waals surface area contributed by atoms with Gasteiger partial charge >= 0.3 is 18.0 Å². The zero-order chi connectivity index (χ0) is 36.8. The van der Waals surface area contributed by atoms with Crippen molar-refractivity contribution in [2.45, 2.75) is 63.8 Å². The van der Waals surface area contributed by atoms with Crippen LogP contribution in [-0.4, -0.2) is 59.0 Å². The van der Waals surface area contributed by atoms with E-state index in [1.54, 1.807) is 13.1 Å². The van der Waals surface area contributed by atoms with Gasteiger partial charge in [0.25, 0.3) is 0 Å². The number of benzene rings is 4. The highest BCUT2D eigenvalue weighted by atomic mass is 35.5. The number of likely N-dealkylation sites (N-methyl/N-ethyl adjacent to an activating group) is 1. The first-order chi connectivity index (χ1) is 24.5. The minimum absolute atomic E-state index is 0. The number of hydrogen-bond donors (Lipinski definition) is 2. The molecule has 0 aliphatic carbocycles. The number of carbonyl (C=O) groups is 3. The van der Waals surface area contributed by atoms with Gasteiger partial charge in [0, 0.05) is 19.5 Å². The number of ether oxygens (including phenoxy) is 4. The van der Waals surface area contributed by atoms with Gasteiger partial charge in [-0.05, 0) is 77.2 Å². The highest BCUT2D eigenvalue weighted by Gasteiger charge is 2.27. The summed E-state index contributed by atoms with van der Waals surface area (Å²) in [5.41, 5.74) is 4.90. The van der Waals surface area contributed by atoms with E-state index < -0.39 is 38.2 Å². The molecule has 0 aliphatic rings. The Morgan fingerprint density at radius 3 is 1.90 bits per heavy atom. The van der Waals surface area contributed by atoms with Gasteiger partial charge in [0.05, 0.1) is 13.7 Å². The van der Waals surface area contributed by atoms with Crippen molar-refractivity contribution < 1.29 is 33.3 Å². The number of carbonyl (C=O) groups excluding carboxylic acids is 3. The van der Waals surface area contributed by atoms with Crippen molar-refractivity contribution in [2.24, 2.45) is 0 Å². The lowest BCUT2D eigenvalue weighted by Crippen LogP contribution is -2.44. The minimum atomic E-state index is -1.49. The van der Waals surface area contributed by atoms with Crippen molar-refractivity contribution in [3.05, 3.63) is 124 Å². The van der Waals surface area contributed by atoms with Crippen LogP contribution in [0.5, 0.6) is 5.75 Å². The maximum Gasteiger partial charge on any atom is 0.408 e. The summed E-state index contributed by atoms with van der Waals surface area (Å²) < 4.78 is 22.5. The molecule has 0 heterocycles. The Morgan fingerprint density at radius 1 is 0.731 bits per heavy atom. The molecule has 4 rings (SSSR count). The van der Waals surface area contributed by atoms with E-state index in [1.807, 2.05) is 91.0 Å². The lowest BCUT2D eigenvalue weighted by molar-refractivity contribution is -0.145. The van der Waals surface area contributed by atoms with Gasteiger partial charge in [-0.25, -0.2) is 9.59 Å². The van der Waals surface area contributed by atoms with Crippen molar-refractivity contribution >= 4 is 50.1 Å². The Morgan fingerprint density at radius 2 is 1.31 bits per heavy atom. The van der Waals surface area contributed by atoms with E-state index in [9.17, 15) is 14.4 Å². The summed E-state index contributed by atoms with van der Waals surface area (Å²) in [7, 11) is 1.55. The van der Waals surface area contributed by atoms with Crippen molar-refractivity contribution in [1.82, 2.24) is 10.6 Å². The Hall–Kier alpha value is -4.35. The lowest BCUT2D eigenvalue weighted by Gasteiger charge is -2.21. The molecule has 0 radical (unpaired) electrons. The van der Waals surface area contributed by atoms with E-state index in [0.29, 0.717) is 29.4 Å². The summed E-state index contributed by atoms with van der Waals surface area (Å²) in [5.74, 6) is -0.394. The van der Waals surface area contributed by atoms with E-state index in [2.05, 4.69) is 30.3 Å². The van der Waals surface area contributed by atoms with Crippen LogP contribution >= 0.6 is 24.0 Å². The van der Waals surface area contributed by atoms with Crippen LogP contribution in [0.25, 0.3) is 11.1 Å². The third-order valence-corrected chi connectivity index (χ3v) is 10.3. The predicted molar refractivity (Wildman–Crippen MR) is 210 cm³/mol. The molecule has 0 aromatic heterocycles. The molecular weight excluding hydrogens is 719 g/mol. The van der Waals surface area contributed by atoms with Crippen LogP contribution in [0.2, 0.25) is 30.7 Å². The van der Waals surface area contributed by atoms with Gasteiger partial charge in [0.1, 0.15) is 31.0 Å². The van der Waals surface area contributed by atoms with E-state index in [1.165, 1.54) is 7.11 Å². The summed E-state index contributed by atoms with van der Waals surface area (Å²) in [6.45, 7) is 7.22. The number of hydrogen-bond acceptors (Lipinski definition) is 8. The normalized spacial score (nSPS) is 12.1. The van der Waals surface area contributed by atoms with Crippen LogP contribution in [-0.2, 0) is 49.9 Å². The number of esters is 2. The van der Waals surface area contributed by atoms with Gasteiger partial charge < -0.3 is 29.6 Å². The fraction of sp³-hybridized carbons (Fsp3) is 0.325. The summed E-state index contributed by atoms with van der Waals surface area (Å²) in [5, 5.41) is 6.26. The first-order valence-corrected chi connectivity index (χ1v) is 21.0. The smallest absolute Gasteiger partial charge is 0.408 e. The van der Waals surface area contributed by atoms with Gasteiger partial charge in [0.15, 0.2) is 0 Å². The van der Waals surface area contributed by atoms with E-state index in [0.717, 1.165) is 33.9 Å². The Kier molecular flexibility index (Phi) is 16.7. The molecule has 278 valence electrons. The SMILES string of the molecule is CN[C@@H](Cc1cc(-c2ccc(OCc3ccccc3)c(C[C@H](NC(=O)OCc3ccccc3)C(=O)OCC[Si](C)(C)C)c2)ccc1Cl)C(=O)OC.Cl. The minimum Gasteiger partial charge on any atom is -0.489 e. The standard InChI is InChI=1S/C40H47ClN2O7Si.ClH/c1-42-35(38(44)47-2)24-32-22-30(16-18-34(32)41)31-17-19-37(49-26-28-12-8-6-9-13-28)33(23-31)25-36(39(45)48-20-21-51(3,4)5)43-40(46)50-27-29-14-10-7-11-15-29;/h6-19,22-23,35-36,42H,20-21,24-27H2,1-5H3,(H,43,46);1H/t35-,36-;/m0./s1. The van der Waals surface area contributed by atoms with Crippen molar-refractivity contribution in [1.29, 1.82) is 0 Å². The summed E-state index contributed by atoms with van der Waals surface area (Å²) in [6.07, 6.45) is -0.336. The van der Waals surface area contributed by atoms with Gasteiger partial charge in [-0.15, -0.1) is 12.4 Å². The molecule has 9 nitrogen and oxygen atoms in total. The van der Waals surface area contributed by atoms with Crippen molar-refractivity contribution in [2.75, 3.05) is 20.8 Å². The number of halogens is 2. The third kappa shape index (κ3) is 13.3. The van der Waals surface area contributed by atoms with Gasteiger partial charge in [-0.3, -0.25) is 4.79 Å². The Balaban J connectivity index is 0.00000729. The number of methoxy groups -OCH3 is 1. The second-order valence-electron chi connectivity index (χ2n) is 13.4. The molecule has 52 heavy (non-hydrogen) atoms. The van der Waals surface area contributed by atoms with Crippen molar-refractivity contribution in [3.8, 4) is 16.9 Å². The number of nitrogens with one attached hydrogen (secondary N) is 2. The lowest BCUT2D eigenvalue weighted by atomic mass is 9.96. The fourth-order valence-corrected chi connectivity index (χ4v) is 6.16. The van der Waals surface area contributed by atoms with E-state index in [-0.39, 0.29) is 32.0 Å². The monoisotopic (exact) mass is 766 g/mol. The molecule has 0 spiro atoms. The fourth-order valence-electron chi connectivity index (χ4n) is 5.25. The largest absolute Gasteiger partial charge is 0.489 e.